The average Bonchev–Trinajstić information content (AvgIpc) is 2.48. The predicted molar refractivity (Wildman–Crippen MR) is 85.7 cm³/mol. The molecule has 1 heteroatoms. The highest BCUT2D eigenvalue weighted by Gasteiger charge is 2.02. The van der Waals surface area contributed by atoms with Crippen molar-refractivity contribution >= 4 is 0 Å². The van der Waals surface area contributed by atoms with Gasteiger partial charge in [0.15, 0.2) is 0 Å². The van der Waals surface area contributed by atoms with Gasteiger partial charge in [-0.15, -0.1) is 0 Å². The lowest BCUT2D eigenvalue weighted by Gasteiger charge is -2.07. The molecule has 0 aliphatic carbocycles. The fourth-order valence-corrected chi connectivity index (χ4v) is 2.40. The molecule has 0 radical (unpaired) electrons. The Hall–Kier alpha value is -1.60. The second-order valence-corrected chi connectivity index (χ2v) is 5.45. The quantitative estimate of drug-likeness (QED) is 0.719. The van der Waals surface area contributed by atoms with Crippen molar-refractivity contribution in [1.29, 1.82) is 0 Å². The van der Waals surface area contributed by atoms with Gasteiger partial charge in [-0.3, -0.25) is 0 Å². The lowest BCUT2D eigenvalue weighted by Crippen LogP contribution is -1.90. The minimum absolute atomic E-state index is 0.398. The first-order chi connectivity index (χ1) is 9.70. The summed E-state index contributed by atoms with van der Waals surface area (Å²) in [6, 6.07) is 17.0. The summed E-state index contributed by atoms with van der Waals surface area (Å²) < 4.78 is 0. The van der Waals surface area contributed by atoms with Gasteiger partial charge in [-0.2, -0.15) is 0 Å². The Morgan fingerprint density at radius 1 is 0.850 bits per heavy atom. The zero-order chi connectivity index (χ0) is 14.4. The number of rotatable bonds is 6. The molecule has 0 heterocycles. The minimum Gasteiger partial charge on any atom is -0.389 e. The first-order valence-corrected chi connectivity index (χ1v) is 7.58. The van der Waals surface area contributed by atoms with Crippen LogP contribution in [0.5, 0.6) is 0 Å². The van der Waals surface area contributed by atoms with E-state index in [2.05, 4.69) is 43.3 Å². The van der Waals surface area contributed by atoms with Crippen molar-refractivity contribution in [2.75, 3.05) is 0 Å². The van der Waals surface area contributed by atoms with Crippen LogP contribution in [0.2, 0.25) is 0 Å². The second kappa shape index (κ2) is 7.25. The molecule has 1 nitrogen and oxygen atoms in total. The molecule has 2 aromatic rings. The fraction of sp³-hybridized carbons (Fsp3) is 0.368. The molecule has 0 saturated heterocycles. The molecule has 2 aromatic carbocycles. The summed E-state index contributed by atoms with van der Waals surface area (Å²) in [4.78, 5) is 0. The van der Waals surface area contributed by atoms with Crippen LogP contribution < -0.4 is 0 Å². The van der Waals surface area contributed by atoms with Crippen LogP contribution in [0.15, 0.2) is 48.5 Å². The van der Waals surface area contributed by atoms with Crippen LogP contribution in [0.25, 0.3) is 11.1 Å². The van der Waals surface area contributed by atoms with E-state index in [4.69, 9.17) is 0 Å². The molecule has 0 aliphatic rings. The van der Waals surface area contributed by atoms with Gasteiger partial charge in [-0.25, -0.2) is 0 Å². The van der Waals surface area contributed by atoms with Crippen LogP contribution in [0.3, 0.4) is 0 Å². The first kappa shape index (κ1) is 14.8. The van der Waals surface area contributed by atoms with E-state index in [9.17, 15) is 5.11 Å². The Bertz CT molecular complexity index is 508. The Kier molecular flexibility index (Phi) is 5.37. The van der Waals surface area contributed by atoms with Crippen molar-refractivity contribution in [3.8, 4) is 11.1 Å². The third kappa shape index (κ3) is 3.94. The van der Waals surface area contributed by atoms with Crippen LogP contribution in [0.4, 0.5) is 0 Å². The molecular weight excluding hydrogens is 244 g/mol. The van der Waals surface area contributed by atoms with E-state index in [-0.39, 0.29) is 0 Å². The summed E-state index contributed by atoms with van der Waals surface area (Å²) in [6.07, 6.45) is 4.63. The summed E-state index contributed by atoms with van der Waals surface area (Å²) >= 11 is 0. The van der Waals surface area contributed by atoms with Crippen molar-refractivity contribution in [2.24, 2.45) is 0 Å². The Labute approximate surface area is 122 Å². The largest absolute Gasteiger partial charge is 0.389 e. The normalized spacial score (nSPS) is 12.3. The second-order valence-electron chi connectivity index (χ2n) is 5.45. The van der Waals surface area contributed by atoms with Crippen LogP contribution in [-0.4, -0.2) is 5.11 Å². The monoisotopic (exact) mass is 268 g/mol. The number of aliphatic hydroxyl groups excluding tert-OH is 1. The number of hydrogen-bond donors (Lipinski definition) is 1. The average molecular weight is 268 g/mol. The number of aliphatic hydroxyl groups is 1. The van der Waals surface area contributed by atoms with Crippen molar-refractivity contribution in [3.63, 3.8) is 0 Å². The third-order valence-electron chi connectivity index (χ3n) is 3.75. The maximum Gasteiger partial charge on any atom is 0.0761 e. The summed E-state index contributed by atoms with van der Waals surface area (Å²) in [5.74, 6) is 0. The van der Waals surface area contributed by atoms with Crippen LogP contribution in [0.1, 0.15) is 50.3 Å². The van der Waals surface area contributed by atoms with E-state index in [1.54, 1.807) is 6.92 Å². The molecule has 0 amide bonds. The van der Waals surface area contributed by atoms with E-state index in [0.717, 1.165) is 5.56 Å². The van der Waals surface area contributed by atoms with Crippen molar-refractivity contribution in [2.45, 2.75) is 45.6 Å². The molecule has 0 fully saturated rings. The van der Waals surface area contributed by atoms with Crippen LogP contribution in [-0.2, 0) is 6.42 Å². The molecular formula is C19H24O. The van der Waals surface area contributed by atoms with Gasteiger partial charge < -0.3 is 5.11 Å². The van der Waals surface area contributed by atoms with Crippen molar-refractivity contribution in [3.05, 3.63) is 59.7 Å². The van der Waals surface area contributed by atoms with Gasteiger partial charge in [-0.05, 0) is 42.0 Å². The number of hydrogen-bond acceptors (Lipinski definition) is 1. The van der Waals surface area contributed by atoms with Gasteiger partial charge in [0.2, 0.25) is 0 Å². The standard InChI is InChI=1S/C19H24O/c1-3-4-5-6-16-7-9-18(10-8-16)19-13-11-17(12-14-19)15(2)20/h7-15,20H,3-6H2,1-2H3. The van der Waals surface area contributed by atoms with Gasteiger partial charge >= 0.3 is 0 Å². The number of benzene rings is 2. The lowest BCUT2D eigenvalue weighted by molar-refractivity contribution is 0.199. The van der Waals surface area contributed by atoms with E-state index in [1.165, 1.54) is 42.4 Å². The Morgan fingerprint density at radius 2 is 1.40 bits per heavy atom. The Balaban J connectivity index is 2.05. The smallest absolute Gasteiger partial charge is 0.0761 e. The number of unbranched alkanes of at least 4 members (excludes halogenated alkanes) is 2. The molecule has 1 N–H and O–H groups in total. The summed E-state index contributed by atoms with van der Waals surface area (Å²) in [6.45, 7) is 4.03. The van der Waals surface area contributed by atoms with E-state index in [1.807, 2.05) is 12.1 Å². The molecule has 0 aliphatic heterocycles. The molecule has 0 spiro atoms. The molecule has 1 unspecified atom stereocenters. The molecule has 1 atom stereocenters. The highest BCUT2D eigenvalue weighted by Crippen LogP contribution is 2.22. The molecule has 0 aromatic heterocycles. The maximum atomic E-state index is 9.52. The van der Waals surface area contributed by atoms with Gasteiger partial charge in [0.1, 0.15) is 0 Å². The molecule has 2 rings (SSSR count). The fourth-order valence-electron chi connectivity index (χ4n) is 2.40. The summed E-state index contributed by atoms with van der Waals surface area (Å²) in [5.41, 5.74) is 4.82. The van der Waals surface area contributed by atoms with Crippen molar-refractivity contribution in [1.82, 2.24) is 0 Å². The van der Waals surface area contributed by atoms with Crippen LogP contribution in [0, 0.1) is 0 Å². The first-order valence-electron chi connectivity index (χ1n) is 7.58. The highest BCUT2D eigenvalue weighted by molar-refractivity contribution is 5.64. The predicted octanol–water partition coefficient (Wildman–Crippen LogP) is 5.14. The van der Waals surface area contributed by atoms with Crippen molar-refractivity contribution < 1.29 is 5.11 Å². The topological polar surface area (TPSA) is 20.2 Å². The van der Waals surface area contributed by atoms with Gasteiger partial charge in [-0.1, -0.05) is 68.3 Å². The lowest BCUT2D eigenvalue weighted by atomic mass is 9.99. The van der Waals surface area contributed by atoms with Gasteiger partial charge in [0.25, 0.3) is 0 Å². The zero-order valence-corrected chi connectivity index (χ0v) is 12.5. The van der Waals surface area contributed by atoms with Gasteiger partial charge in [0.05, 0.1) is 6.10 Å². The van der Waals surface area contributed by atoms with Crippen LogP contribution >= 0.6 is 0 Å². The SMILES string of the molecule is CCCCCc1ccc(-c2ccc(C(C)O)cc2)cc1. The maximum absolute atomic E-state index is 9.52. The highest BCUT2D eigenvalue weighted by atomic mass is 16.3. The summed E-state index contributed by atoms with van der Waals surface area (Å²) in [5, 5.41) is 9.52. The van der Waals surface area contributed by atoms with Gasteiger partial charge in [0, 0.05) is 0 Å². The Morgan fingerprint density at radius 3 is 1.90 bits per heavy atom. The van der Waals surface area contributed by atoms with E-state index >= 15 is 0 Å². The van der Waals surface area contributed by atoms with E-state index < -0.39 is 6.10 Å². The zero-order valence-electron chi connectivity index (χ0n) is 12.5. The molecule has 20 heavy (non-hydrogen) atoms. The summed E-state index contributed by atoms with van der Waals surface area (Å²) in [7, 11) is 0. The number of aryl methyl sites for hydroxylation is 1. The molecule has 0 saturated carbocycles. The molecule has 106 valence electrons. The molecule has 0 bridgehead atoms. The third-order valence-corrected chi connectivity index (χ3v) is 3.75. The van der Waals surface area contributed by atoms with E-state index in [0.29, 0.717) is 0 Å². The minimum atomic E-state index is -0.398.